The number of aliphatic hydroxyl groups excluding tert-OH is 2. The van der Waals surface area contributed by atoms with Crippen molar-refractivity contribution < 1.29 is 28.2 Å². The van der Waals surface area contributed by atoms with Crippen LogP contribution in [0.2, 0.25) is 0 Å². The summed E-state index contributed by atoms with van der Waals surface area (Å²) in [4.78, 5) is 17.2. The van der Waals surface area contributed by atoms with Crippen LogP contribution in [0.25, 0.3) is 0 Å². The Labute approximate surface area is 180 Å². The summed E-state index contributed by atoms with van der Waals surface area (Å²) >= 11 is 1.18. The van der Waals surface area contributed by atoms with Crippen LogP contribution in [0, 0.1) is 5.92 Å². The summed E-state index contributed by atoms with van der Waals surface area (Å²) in [6, 6.07) is 12.8. The Morgan fingerprint density at radius 3 is 2.48 bits per heavy atom. The van der Waals surface area contributed by atoms with Gasteiger partial charge in [0.2, 0.25) is 5.91 Å². The van der Waals surface area contributed by atoms with E-state index in [1.54, 1.807) is 24.3 Å². The molecule has 6 nitrogen and oxygen atoms in total. The maximum absolute atomic E-state index is 13.0. The predicted octanol–water partition coefficient (Wildman–Crippen LogP) is 3.34. The number of alkyl halides is 3. The molecule has 1 amide bonds. The van der Waals surface area contributed by atoms with Crippen molar-refractivity contribution in [1.29, 1.82) is 0 Å². The molecule has 0 saturated heterocycles. The lowest BCUT2D eigenvalue weighted by atomic mass is 9.81. The molecule has 31 heavy (non-hydrogen) atoms. The molecule has 2 aromatic carbocycles. The van der Waals surface area contributed by atoms with Gasteiger partial charge in [-0.05, 0) is 36.8 Å². The van der Waals surface area contributed by atoms with Gasteiger partial charge in [0.05, 0.1) is 23.6 Å². The van der Waals surface area contributed by atoms with Gasteiger partial charge >= 0.3 is 6.18 Å². The van der Waals surface area contributed by atoms with E-state index in [4.69, 9.17) is 0 Å². The first kappa shape index (κ1) is 21.7. The average molecular weight is 451 g/mol. The topological polar surface area (TPSA) is 94.0 Å². The van der Waals surface area contributed by atoms with Crippen LogP contribution in [0.15, 0.2) is 59.6 Å². The van der Waals surface area contributed by atoms with Crippen LogP contribution in [0.4, 0.5) is 24.5 Å². The number of amidine groups is 1. The minimum absolute atomic E-state index is 0.0559. The summed E-state index contributed by atoms with van der Waals surface area (Å²) in [6.07, 6.45) is -6.72. The van der Waals surface area contributed by atoms with Crippen LogP contribution >= 0.6 is 11.8 Å². The Kier molecular flexibility index (Phi) is 5.96. The number of halogens is 3. The van der Waals surface area contributed by atoms with Crippen molar-refractivity contribution in [3.63, 3.8) is 0 Å². The SMILES string of the molecule is O=C(Nc1ccccc1)[C@H]1C[C@@H](O)[C@H](O)[C@@H]2N=C(Nc3cccc(C(F)(F)F)c3)S[C@@H]21. The third-order valence-corrected chi connectivity index (χ3v) is 6.62. The number of hydrogen-bond donors (Lipinski definition) is 4. The van der Waals surface area contributed by atoms with Crippen LogP contribution in [-0.4, -0.2) is 44.8 Å². The molecule has 4 rings (SSSR count). The number of para-hydroxylation sites is 1. The Hall–Kier alpha value is -2.56. The summed E-state index contributed by atoms with van der Waals surface area (Å²) in [6.45, 7) is 0. The van der Waals surface area contributed by atoms with Crippen molar-refractivity contribution in [3.05, 3.63) is 60.2 Å². The number of aliphatic imine (C=N–C) groups is 1. The second-order valence-electron chi connectivity index (χ2n) is 7.47. The molecule has 1 aliphatic heterocycles. The van der Waals surface area contributed by atoms with Crippen molar-refractivity contribution in [2.45, 2.75) is 36.1 Å². The lowest BCUT2D eigenvalue weighted by Gasteiger charge is -2.37. The highest BCUT2D eigenvalue weighted by Gasteiger charge is 2.50. The quantitative estimate of drug-likeness (QED) is 0.575. The number of amides is 1. The van der Waals surface area contributed by atoms with Gasteiger partial charge in [0, 0.05) is 16.6 Å². The second-order valence-corrected chi connectivity index (χ2v) is 8.63. The normalized spacial score (nSPS) is 27.9. The number of aliphatic hydroxyl groups is 2. The molecule has 2 aliphatic rings. The van der Waals surface area contributed by atoms with E-state index in [-0.39, 0.29) is 18.0 Å². The third kappa shape index (κ3) is 4.70. The van der Waals surface area contributed by atoms with Crippen molar-refractivity contribution in [3.8, 4) is 0 Å². The van der Waals surface area contributed by atoms with E-state index in [9.17, 15) is 28.2 Å². The van der Waals surface area contributed by atoms with Gasteiger partial charge in [-0.1, -0.05) is 36.0 Å². The van der Waals surface area contributed by atoms with E-state index in [0.29, 0.717) is 10.9 Å². The van der Waals surface area contributed by atoms with Gasteiger partial charge < -0.3 is 20.8 Å². The highest BCUT2D eigenvalue weighted by molar-refractivity contribution is 8.15. The van der Waals surface area contributed by atoms with Gasteiger partial charge in [-0.15, -0.1) is 0 Å². The summed E-state index contributed by atoms with van der Waals surface area (Å²) in [7, 11) is 0. The summed E-state index contributed by atoms with van der Waals surface area (Å²) < 4.78 is 38.9. The van der Waals surface area contributed by atoms with Crippen molar-refractivity contribution in [1.82, 2.24) is 0 Å². The minimum atomic E-state index is -4.47. The first-order valence-electron chi connectivity index (χ1n) is 9.63. The van der Waals surface area contributed by atoms with Crippen molar-refractivity contribution in [2.75, 3.05) is 10.6 Å². The molecular formula is C21H20F3N3O3S. The molecule has 4 N–H and O–H groups in total. The van der Waals surface area contributed by atoms with Crippen LogP contribution in [0.3, 0.4) is 0 Å². The molecule has 1 heterocycles. The average Bonchev–Trinajstić information content (AvgIpc) is 3.15. The number of nitrogens with one attached hydrogen (secondary N) is 2. The molecule has 1 aliphatic carbocycles. The zero-order valence-corrected chi connectivity index (χ0v) is 16.9. The molecular weight excluding hydrogens is 431 g/mol. The Morgan fingerprint density at radius 1 is 1.06 bits per heavy atom. The highest BCUT2D eigenvalue weighted by Crippen LogP contribution is 2.42. The molecule has 164 valence electrons. The summed E-state index contributed by atoms with van der Waals surface area (Å²) in [5, 5.41) is 26.1. The van der Waals surface area contributed by atoms with Gasteiger partial charge in [-0.3, -0.25) is 9.79 Å². The fraction of sp³-hybridized carbons (Fsp3) is 0.333. The van der Waals surface area contributed by atoms with E-state index >= 15 is 0 Å². The standard InChI is InChI=1S/C21H20F3N3O3S/c22-21(23,24)11-5-4-8-13(9-11)26-20-27-16-17(29)15(28)10-14(18(16)31-20)19(30)25-12-6-2-1-3-7-12/h1-9,14-18,28-29H,10H2,(H,25,30)(H,26,27)/t14-,15+,16-,17-,18+/m0/s1. The largest absolute Gasteiger partial charge is 0.416 e. The number of carbonyl (C=O) groups excluding carboxylic acids is 1. The molecule has 1 saturated carbocycles. The number of hydrogen-bond acceptors (Lipinski definition) is 6. The van der Waals surface area contributed by atoms with Crippen LogP contribution in [0.5, 0.6) is 0 Å². The molecule has 5 atom stereocenters. The van der Waals surface area contributed by atoms with Gasteiger partial charge in [-0.2, -0.15) is 13.2 Å². The van der Waals surface area contributed by atoms with Gasteiger partial charge in [-0.25, -0.2) is 0 Å². The Morgan fingerprint density at radius 2 is 1.77 bits per heavy atom. The fourth-order valence-corrected chi connectivity index (χ4v) is 5.14. The summed E-state index contributed by atoms with van der Waals surface area (Å²) in [5.74, 6) is -0.951. The number of fused-ring (bicyclic) bond motifs is 1. The molecule has 1 fully saturated rings. The molecule has 0 bridgehead atoms. The van der Waals surface area contributed by atoms with E-state index in [1.807, 2.05) is 6.07 Å². The van der Waals surface area contributed by atoms with Crippen molar-refractivity contribution in [2.24, 2.45) is 10.9 Å². The third-order valence-electron chi connectivity index (χ3n) is 5.31. The van der Waals surface area contributed by atoms with Crippen LogP contribution in [-0.2, 0) is 11.0 Å². The lowest BCUT2D eigenvalue weighted by molar-refractivity contribution is -0.137. The maximum atomic E-state index is 13.0. The van der Waals surface area contributed by atoms with E-state index in [2.05, 4.69) is 15.6 Å². The lowest BCUT2D eigenvalue weighted by Crippen LogP contribution is -2.52. The van der Waals surface area contributed by atoms with E-state index in [1.165, 1.54) is 23.9 Å². The molecule has 2 aromatic rings. The van der Waals surface area contributed by atoms with Gasteiger partial charge in [0.1, 0.15) is 6.10 Å². The number of benzene rings is 2. The van der Waals surface area contributed by atoms with Crippen molar-refractivity contribution >= 4 is 34.2 Å². The smallest absolute Gasteiger partial charge is 0.390 e. The Balaban J connectivity index is 1.51. The minimum Gasteiger partial charge on any atom is -0.390 e. The second kappa shape index (κ2) is 8.52. The zero-order chi connectivity index (χ0) is 22.2. The number of thioether (sulfide) groups is 1. The number of anilines is 2. The van der Waals surface area contributed by atoms with Crippen LogP contribution < -0.4 is 10.6 Å². The predicted molar refractivity (Wildman–Crippen MR) is 113 cm³/mol. The maximum Gasteiger partial charge on any atom is 0.416 e. The Bertz CT molecular complexity index is 987. The first-order valence-corrected chi connectivity index (χ1v) is 10.5. The highest BCUT2D eigenvalue weighted by atomic mass is 32.2. The summed E-state index contributed by atoms with van der Waals surface area (Å²) in [5.41, 5.74) is 0.00465. The molecule has 0 unspecified atom stereocenters. The van der Waals surface area contributed by atoms with E-state index in [0.717, 1.165) is 12.1 Å². The van der Waals surface area contributed by atoms with Gasteiger partial charge in [0.25, 0.3) is 0 Å². The van der Waals surface area contributed by atoms with Gasteiger partial charge in [0.15, 0.2) is 5.17 Å². The van der Waals surface area contributed by atoms with Crippen LogP contribution in [0.1, 0.15) is 12.0 Å². The monoisotopic (exact) mass is 451 g/mol. The van der Waals surface area contributed by atoms with E-state index < -0.39 is 41.2 Å². The first-order chi connectivity index (χ1) is 14.7. The number of rotatable bonds is 3. The molecule has 0 aromatic heterocycles. The molecule has 10 heteroatoms. The number of carbonyl (C=O) groups is 1. The number of nitrogens with zero attached hydrogens (tertiary/aromatic N) is 1. The molecule has 0 radical (unpaired) electrons. The fourth-order valence-electron chi connectivity index (χ4n) is 3.76. The zero-order valence-electron chi connectivity index (χ0n) is 16.1. The molecule has 0 spiro atoms.